The molecule has 1 aromatic carbocycles. The van der Waals surface area contributed by atoms with E-state index in [1.807, 2.05) is 25.1 Å². The zero-order valence-electron chi connectivity index (χ0n) is 15.3. The van der Waals surface area contributed by atoms with Crippen LogP contribution in [-0.4, -0.2) is 8.32 Å². The van der Waals surface area contributed by atoms with E-state index in [4.69, 9.17) is 8.84 Å². The van der Waals surface area contributed by atoms with Crippen molar-refractivity contribution in [1.29, 1.82) is 0 Å². The summed E-state index contributed by atoms with van der Waals surface area (Å²) in [6.45, 7) is 15.5. The van der Waals surface area contributed by atoms with Crippen LogP contribution >= 0.6 is 0 Å². The van der Waals surface area contributed by atoms with Gasteiger partial charge in [0.15, 0.2) is 0 Å². The number of hydrogen-bond acceptors (Lipinski definition) is 3. The Morgan fingerprint density at radius 1 is 0.957 bits per heavy atom. The molecule has 4 heteroatoms. The number of fused-ring (bicyclic) bond motifs is 1. The fourth-order valence-corrected chi connectivity index (χ4v) is 9.17. The molecule has 23 heavy (non-hydrogen) atoms. The predicted molar refractivity (Wildman–Crippen MR) is 98.9 cm³/mol. The van der Waals surface area contributed by atoms with Gasteiger partial charge in [-0.1, -0.05) is 41.5 Å². The molecule has 2 aromatic rings. The molecule has 0 spiro atoms. The Morgan fingerprint density at radius 2 is 1.52 bits per heavy atom. The van der Waals surface area contributed by atoms with Crippen molar-refractivity contribution in [2.75, 3.05) is 0 Å². The van der Waals surface area contributed by atoms with Crippen molar-refractivity contribution in [2.45, 2.75) is 65.1 Å². The molecule has 0 N–H and O–H groups in total. The van der Waals surface area contributed by atoms with Gasteiger partial charge in [0.25, 0.3) is 8.32 Å². The van der Waals surface area contributed by atoms with Crippen LogP contribution in [0.5, 0.6) is 5.75 Å². The van der Waals surface area contributed by atoms with Gasteiger partial charge in [0, 0.05) is 17.5 Å². The SMILES string of the molecule is Cc1cc(=O)oc2cc(O[Si](C(C)C)(C(C)C)C(C)C)ccc12. The van der Waals surface area contributed by atoms with E-state index in [1.54, 1.807) is 0 Å². The highest BCUT2D eigenvalue weighted by Crippen LogP contribution is 2.43. The highest BCUT2D eigenvalue weighted by atomic mass is 28.4. The maximum Gasteiger partial charge on any atom is 0.336 e. The van der Waals surface area contributed by atoms with Crippen LogP contribution in [0.1, 0.15) is 47.1 Å². The van der Waals surface area contributed by atoms with Crippen molar-refractivity contribution in [3.63, 3.8) is 0 Å². The minimum absolute atomic E-state index is 0.313. The quantitative estimate of drug-likeness (QED) is 0.524. The van der Waals surface area contributed by atoms with E-state index in [0.29, 0.717) is 22.2 Å². The van der Waals surface area contributed by atoms with E-state index >= 15 is 0 Å². The topological polar surface area (TPSA) is 39.4 Å². The van der Waals surface area contributed by atoms with Crippen molar-refractivity contribution in [1.82, 2.24) is 0 Å². The molecule has 0 fully saturated rings. The molecule has 0 unspecified atom stereocenters. The molecule has 1 aromatic heterocycles. The maximum absolute atomic E-state index is 11.6. The van der Waals surface area contributed by atoms with Gasteiger partial charge in [-0.2, -0.15) is 0 Å². The maximum atomic E-state index is 11.6. The average Bonchev–Trinajstić information content (AvgIpc) is 2.42. The first-order valence-electron chi connectivity index (χ1n) is 8.42. The molecule has 126 valence electrons. The molecular formula is C19H28O3Si. The Hall–Kier alpha value is -1.55. The Morgan fingerprint density at radius 3 is 2.04 bits per heavy atom. The van der Waals surface area contributed by atoms with E-state index in [9.17, 15) is 4.79 Å². The summed E-state index contributed by atoms with van der Waals surface area (Å²) in [4.78, 5) is 11.6. The molecule has 3 nitrogen and oxygen atoms in total. The summed E-state index contributed by atoms with van der Waals surface area (Å²) in [5, 5.41) is 0.961. The Balaban J connectivity index is 2.53. The highest BCUT2D eigenvalue weighted by molar-refractivity contribution is 6.78. The third kappa shape index (κ3) is 3.23. The predicted octanol–water partition coefficient (Wildman–Crippen LogP) is 5.66. The lowest BCUT2D eigenvalue weighted by Crippen LogP contribution is -2.50. The lowest BCUT2D eigenvalue weighted by molar-refractivity contribution is 0.478. The summed E-state index contributed by atoms with van der Waals surface area (Å²) in [7, 11) is -2.00. The van der Waals surface area contributed by atoms with Crippen molar-refractivity contribution < 1.29 is 8.84 Å². The second-order valence-electron chi connectivity index (χ2n) is 7.33. The second kappa shape index (κ2) is 6.52. The van der Waals surface area contributed by atoms with Crippen molar-refractivity contribution in [3.8, 4) is 5.75 Å². The van der Waals surface area contributed by atoms with Gasteiger partial charge in [0.1, 0.15) is 11.3 Å². The lowest BCUT2D eigenvalue weighted by Gasteiger charge is -2.42. The molecule has 2 rings (SSSR count). The van der Waals surface area contributed by atoms with Crippen LogP contribution in [0.25, 0.3) is 11.0 Å². The largest absolute Gasteiger partial charge is 0.543 e. The fraction of sp³-hybridized carbons (Fsp3) is 0.526. The van der Waals surface area contributed by atoms with Gasteiger partial charge in [0.2, 0.25) is 0 Å². The molecule has 0 aliphatic rings. The minimum Gasteiger partial charge on any atom is -0.543 e. The van der Waals surface area contributed by atoms with Crippen LogP contribution in [0.2, 0.25) is 16.6 Å². The van der Waals surface area contributed by atoms with Gasteiger partial charge in [0.05, 0.1) is 0 Å². The van der Waals surface area contributed by atoms with Gasteiger partial charge in [-0.05, 0) is 41.2 Å². The summed E-state index contributed by atoms with van der Waals surface area (Å²) in [6.07, 6.45) is 0. The zero-order chi connectivity index (χ0) is 17.4. The van der Waals surface area contributed by atoms with Crippen LogP contribution in [0, 0.1) is 6.92 Å². The van der Waals surface area contributed by atoms with Gasteiger partial charge in [-0.25, -0.2) is 4.79 Å². The van der Waals surface area contributed by atoms with Crippen molar-refractivity contribution >= 4 is 19.3 Å². The van der Waals surface area contributed by atoms with Gasteiger partial charge >= 0.3 is 5.63 Å². The average molecular weight is 333 g/mol. The highest BCUT2D eigenvalue weighted by Gasteiger charge is 2.47. The fourth-order valence-electron chi connectivity index (χ4n) is 3.93. The standard InChI is InChI=1S/C19H28O3Si/c1-12(2)23(13(3)4,14(5)6)22-16-8-9-17-15(7)10-19(20)21-18(17)11-16/h8-14H,1-7H3. The third-order valence-electron chi connectivity index (χ3n) is 4.92. The summed E-state index contributed by atoms with van der Waals surface area (Å²) in [6, 6.07) is 7.39. The molecule has 0 atom stereocenters. The summed E-state index contributed by atoms with van der Waals surface area (Å²) >= 11 is 0. The first kappa shape index (κ1) is 17.8. The number of aryl methyl sites for hydroxylation is 1. The Kier molecular flexibility index (Phi) is 5.04. The summed E-state index contributed by atoms with van der Waals surface area (Å²) in [5.41, 5.74) is 2.73. The Bertz CT molecular complexity index is 722. The van der Waals surface area contributed by atoms with Crippen molar-refractivity contribution in [3.05, 3.63) is 40.2 Å². The van der Waals surface area contributed by atoms with Crippen LogP contribution in [0.3, 0.4) is 0 Å². The lowest BCUT2D eigenvalue weighted by atomic mass is 10.1. The molecular weight excluding hydrogens is 304 g/mol. The molecule has 0 aliphatic carbocycles. The van der Waals surface area contributed by atoms with Crippen LogP contribution in [-0.2, 0) is 0 Å². The zero-order valence-corrected chi connectivity index (χ0v) is 16.3. The number of hydrogen-bond donors (Lipinski definition) is 0. The van der Waals surface area contributed by atoms with E-state index in [-0.39, 0.29) is 5.63 Å². The van der Waals surface area contributed by atoms with Gasteiger partial charge < -0.3 is 8.84 Å². The minimum atomic E-state index is -2.00. The second-order valence-corrected chi connectivity index (χ2v) is 12.7. The molecule has 0 aliphatic heterocycles. The summed E-state index contributed by atoms with van der Waals surface area (Å²) in [5.74, 6) is 0.814. The van der Waals surface area contributed by atoms with Crippen LogP contribution in [0.15, 0.2) is 33.5 Å². The van der Waals surface area contributed by atoms with Gasteiger partial charge in [-0.15, -0.1) is 0 Å². The van der Waals surface area contributed by atoms with Crippen molar-refractivity contribution in [2.24, 2.45) is 0 Å². The molecule has 1 heterocycles. The smallest absolute Gasteiger partial charge is 0.336 e. The molecule has 0 saturated heterocycles. The molecule has 0 bridgehead atoms. The van der Waals surface area contributed by atoms with E-state index in [0.717, 1.165) is 16.7 Å². The van der Waals surface area contributed by atoms with E-state index < -0.39 is 8.32 Å². The van der Waals surface area contributed by atoms with Crippen LogP contribution < -0.4 is 10.1 Å². The first-order valence-corrected chi connectivity index (χ1v) is 10.6. The monoisotopic (exact) mass is 332 g/mol. The molecule has 0 radical (unpaired) electrons. The van der Waals surface area contributed by atoms with E-state index in [1.165, 1.54) is 6.07 Å². The number of rotatable bonds is 5. The van der Waals surface area contributed by atoms with Crippen LogP contribution in [0.4, 0.5) is 0 Å². The normalized spacial score (nSPS) is 12.6. The molecule has 0 saturated carbocycles. The summed E-state index contributed by atoms with van der Waals surface area (Å²) < 4.78 is 12.0. The molecule has 0 amide bonds. The van der Waals surface area contributed by atoms with E-state index in [2.05, 4.69) is 41.5 Å². The number of benzene rings is 1. The first-order chi connectivity index (χ1) is 10.7. The Labute approximate surface area is 139 Å². The third-order valence-corrected chi connectivity index (χ3v) is 10.9. The van der Waals surface area contributed by atoms with Gasteiger partial charge in [-0.3, -0.25) is 0 Å².